The van der Waals surface area contributed by atoms with Crippen LogP contribution in [0.4, 0.5) is 30.2 Å². The Morgan fingerprint density at radius 1 is 0.833 bits per heavy atom. The average Bonchev–Trinajstić information content (AvgIpc) is 2.99. The molecule has 2 aliphatic heterocycles. The Morgan fingerprint density at radius 3 is 2.30 bits per heavy atom. The zero-order chi connectivity index (χ0) is 21.1. The molecule has 0 fully saturated rings. The number of hydrogen-bond donors (Lipinski definition) is 2. The number of fused-ring (bicyclic) bond motifs is 3. The fraction of sp³-hybridized carbons (Fsp3) is 0.0909. The molecule has 3 aromatic rings. The molecule has 1 atom stereocenters. The van der Waals surface area contributed by atoms with E-state index in [9.17, 15) is 22.8 Å². The summed E-state index contributed by atoms with van der Waals surface area (Å²) in [5.74, 6) is -1.13. The second-order valence-corrected chi connectivity index (χ2v) is 7.07. The third-order valence-electron chi connectivity index (χ3n) is 5.34. The summed E-state index contributed by atoms with van der Waals surface area (Å²) in [7, 11) is 0. The SMILES string of the molecule is O=C1c2ccccc2NC2(C(=O)Nc3ccccc32)N1c1cccc(C(F)(F)F)c1. The minimum absolute atomic E-state index is 0.0383. The van der Waals surface area contributed by atoms with E-state index in [1.165, 1.54) is 12.1 Å². The third-order valence-corrected chi connectivity index (χ3v) is 5.34. The first-order chi connectivity index (χ1) is 14.3. The van der Waals surface area contributed by atoms with Crippen molar-refractivity contribution in [1.29, 1.82) is 0 Å². The maximum atomic E-state index is 13.5. The predicted octanol–water partition coefficient (Wildman–Crippen LogP) is 4.58. The van der Waals surface area contributed by atoms with E-state index in [0.29, 0.717) is 16.9 Å². The molecule has 2 aliphatic rings. The highest BCUT2D eigenvalue weighted by Gasteiger charge is 2.57. The molecule has 1 unspecified atom stereocenters. The summed E-state index contributed by atoms with van der Waals surface area (Å²) in [6.45, 7) is 0. The molecule has 5 rings (SSSR count). The van der Waals surface area contributed by atoms with Crippen molar-refractivity contribution in [2.75, 3.05) is 15.5 Å². The number of rotatable bonds is 1. The lowest BCUT2D eigenvalue weighted by molar-refractivity contribution is -0.137. The average molecular weight is 409 g/mol. The minimum atomic E-state index is -4.59. The number of carbonyl (C=O) groups excluding carboxylic acids is 2. The number of hydrogen-bond acceptors (Lipinski definition) is 3. The van der Waals surface area contributed by atoms with Gasteiger partial charge in [0.25, 0.3) is 11.8 Å². The molecule has 2 heterocycles. The Morgan fingerprint density at radius 2 is 1.53 bits per heavy atom. The van der Waals surface area contributed by atoms with Gasteiger partial charge in [-0.3, -0.25) is 14.5 Å². The molecule has 2 amide bonds. The number of para-hydroxylation sites is 2. The van der Waals surface area contributed by atoms with Crippen molar-refractivity contribution < 1.29 is 22.8 Å². The number of benzene rings is 3. The van der Waals surface area contributed by atoms with Crippen LogP contribution in [0.2, 0.25) is 0 Å². The molecule has 0 saturated carbocycles. The molecule has 0 bridgehead atoms. The number of nitrogens with zero attached hydrogens (tertiary/aromatic N) is 1. The lowest BCUT2D eigenvalue weighted by Gasteiger charge is -2.44. The van der Waals surface area contributed by atoms with Gasteiger partial charge in [-0.25, -0.2) is 0 Å². The van der Waals surface area contributed by atoms with Crippen LogP contribution in [0.3, 0.4) is 0 Å². The Kier molecular flexibility index (Phi) is 3.70. The molecule has 2 N–H and O–H groups in total. The summed E-state index contributed by atoms with van der Waals surface area (Å²) >= 11 is 0. The normalized spacial score (nSPS) is 19.9. The number of amides is 2. The molecule has 0 radical (unpaired) electrons. The Balaban J connectivity index is 1.79. The van der Waals surface area contributed by atoms with E-state index < -0.39 is 29.2 Å². The number of carbonyl (C=O) groups is 2. The van der Waals surface area contributed by atoms with Crippen molar-refractivity contribution in [2.24, 2.45) is 0 Å². The molecule has 1 spiro atoms. The van der Waals surface area contributed by atoms with Crippen molar-refractivity contribution in [3.8, 4) is 0 Å². The minimum Gasteiger partial charge on any atom is -0.350 e. The molecule has 0 aliphatic carbocycles. The molecule has 0 aromatic heterocycles. The largest absolute Gasteiger partial charge is 0.416 e. The Hall–Kier alpha value is -3.81. The van der Waals surface area contributed by atoms with Gasteiger partial charge in [-0.15, -0.1) is 0 Å². The summed E-state index contributed by atoms with van der Waals surface area (Å²) < 4.78 is 40.1. The van der Waals surface area contributed by atoms with E-state index in [4.69, 9.17) is 0 Å². The van der Waals surface area contributed by atoms with Crippen LogP contribution < -0.4 is 15.5 Å². The lowest BCUT2D eigenvalue weighted by Crippen LogP contribution is -2.61. The molecule has 8 heteroatoms. The van der Waals surface area contributed by atoms with Gasteiger partial charge in [0.1, 0.15) is 0 Å². The fourth-order valence-electron chi connectivity index (χ4n) is 4.02. The second kappa shape index (κ2) is 6.09. The molecular weight excluding hydrogens is 395 g/mol. The summed E-state index contributed by atoms with van der Waals surface area (Å²) in [6, 6.07) is 17.8. The second-order valence-electron chi connectivity index (χ2n) is 7.07. The molecule has 0 saturated heterocycles. The number of anilines is 3. The Bertz CT molecular complexity index is 1210. The zero-order valence-electron chi connectivity index (χ0n) is 15.3. The monoisotopic (exact) mass is 409 g/mol. The van der Waals surface area contributed by atoms with Gasteiger partial charge in [-0.1, -0.05) is 36.4 Å². The lowest BCUT2D eigenvalue weighted by atomic mass is 9.92. The van der Waals surface area contributed by atoms with Gasteiger partial charge in [0.05, 0.1) is 11.1 Å². The van der Waals surface area contributed by atoms with Crippen molar-refractivity contribution in [1.82, 2.24) is 0 Å². The first kappa shape index (κ1) is 18.2. The standard InChI is InChI=1S/C22H14F3N3O2/c23-22(24,25)13-6-5-7-14(12-13)28-19(29)15-8-1-3-10-17(15)27-21(28)16-9-2-4-11-18(16)26-20(21)30/h1-12,27H,(H,26,30). The summed E-state index contributed by atoms with van der Waals surface area (Å²) in [5.41, 5.74) is -1.03. The van der Waals surface area contributed by atoms with E-state index in [-0.39, 0.29) is 11.3 Å². The first-order valence-corrected chi connectivity index (χ1v) is 9.12. The highest BCUT2D eigenvalue weighted by Crippen LogP contribution is 2.47. The summed E-state index contributed by atoms with van der Waals surface area (Å²) in [4.78, 5) is 27.9. The van der Waals surface area contributed by atoms with Crippen molar-refractivity contribution in [3.63, 3.8) is 0 Å². The van der Waals surface area contributed by atoms with Gasteiger partial charge in [0.2, 0.25) is 5.66 Å². The zero-order valence-corrected chi connectivity index (χ0v) is 15.3. The van der Waals surface area contributed by atoms with Gasteiger partial charge >= 0.3 is 6.18 Å². The number of halogens is 3. The molecule has 5 nitrogen and oxygen atoms in total. The summed E-state index contributed by atoms with van der Waals surface area (Å²) in [6.07, 6.45) is -4.59. The van der Waals surface area contributed by atoms with Crippen LogP contribution in [0.25, 0.3) is 0 Å². The quantitative estimate of drug-likeness (QED) is 0.618. The van der Waals surface area contributed by atoms with Crippen molar-refractivity contribution in [2.45, 2.75) is 11.8 Å². The highest BCUT2D eigenvalue weighted by atomic mass is 19.4. The highest BCUT2D eigenvalue weighted by molar-refractivity contribution is 6.21. The van der Waals surface area contributed by atoms with E-state index in [1.807, 2.05) is 0 Å². The van der Waals surface area contributed by atoms with Crippen LogP contribution in [0.5, 0.6) is 0 Å². The van der Waals surface area contributed by atoms with Crippen molar-refractivity contribution >= 4 is 28.9 Å². The molecule has 3 aromatic carbocycles. The van der Waals surface area contributed by atoms with Gasteiger partial charge in [0, 0.05) is 22.6 Å². The number of alkyl halides is 3. The molecule has 30 heavy (non-hydrogen) atoms. The molecular formula is C22H14F3N3O2. The summed E-state index contributed by atoms with van der Waals surface area (Å²) in [5, 5.41) is 5.86. The van der Waals surface area contributed by atoms with Gasteiger partial charge in [-0.2, -0.15) is 13.2 Å². The van der Waals surface area contributed by atoms with Crippen LogP contribution in [-0.2, 0) is 16.6 Å². The van der Waals surface area contributed by atoms with Gasteiger partial charge in [0.15, 0.2) is 0 Å². The van der Waals surface area contributed by atoms with Crippen LogP contribution in [0, 0.1) is 0 Å². The first-order valence-electron chi connectivity index (χ1n) is 9.12. The maximum absolute atomic E-state index is 13.5. The maximum Gasteiger partial charge on any atom is 0.416 e. The predicted molar refractivity (Wildman–Crippen MR) is 105 cm³/mol. The van der Waals surface area contributed by atoms with E-state index in [0.717, 1.165) is 17.0 Å². The van der Waals surface area contributed by atoms with Crippen LogP contribution >= 0.6 is 0 Å². The Labute approximate surface area is 169 Å². The van der Waals surface area contributed by atoms with E-state index in [1.54, 1.807) is 48.5 Å². The van der Waals surface area contributed by atoms with Crippen LogP contribution in [0.1, 0.15) is 21.5 Å². The third kappa shape index (κ3) is 2.43. The van der Waals surface area contributed by atoms with E-state index in [2.05, 4.69) is 10.6 Å². The van der Waals surface area contributed by atoms with Gasteiger partial charge < -0.3 is 10.6 Å². The van der Waals surface area contributed by atoms with Crippen LogP contribution in [0.15, 0.2) is 72.8 Å². The van der Waals surface area contributed by atoms with Crippen molar-refractivity contribution in [3.05, 3.63) is 89.5 Å². The van der Waals surface area contributed by atoms with Crippen LogP contribution in [-0.4, -0.2) is 11.8 Å². The molecule has 150 valence electrons. The number of nitrogens with one attached hydrogen (secondary N) is 2. The fourth-order valence-corrected chi connectivity index (χ4v) is 4.02. The topological polar surface area (TPSA) is 61.4 Å². The smallest absolute Gasteiger partial charge is 0.350 e. The van der Waals surface area contributed by atoms with Gasteiger partial charge in [-0.05, 0) is 36.4 Å². The van der Waals surface area contributed by atoms with E-state index >= 15 is 0 Å².